The molecule has 0 saturated carbocycles. The molecule has 1 fully saturated rings. The van der Waals surface area contributed by atoms with Gasteiger partial charge in [-0.15, -0.1) is 0 Å². The molecule has 2 aromatic rings. The SMILES string of the molecule is CC(C)n1cnn(CN2CCC(NC(=O)c3cnn(C)c3)CC2)c1=S. The van der Waals surface area contributed by atoms with Crippen LogP contribution in [-0.2, 0) is 13.7 Å². The van der Waals surface area contributed by atoms with Crippen molar-refractivity contribution >= 4 is 18.1 Å². The third-order valence-corrected chi connectivity index (χ3v) is 4.96. The van der Waals surface area contributed by atoms with Gasteiger partial charge in [0.2, 0.25) is 0 Å². The summed E-state index contributed by atoms with van der Waals surface area (Å²) in [6.45, 7) is 6.71. The van der Waals surface area contributed by atoms with E-state index in [0.717, 1.165) is 30.7 Å². The molecule has 136 valence electrons. The maximum atomic E-state index is 12.2. The minimum Gasteiger partial charge on any atom is -0.349 e. The second-order valence-electron chi connectivity index (χ2n) is 6.82. The van der Waals surface area contributed by atoms with Gasteiger partial charge >= 0.3 is 0 Å². The number of aryl methyl sites for hydroxylation is 1. The van der Waals surface area contributed by atoms with Crippen molar-refractivity contribution in [3.05, 3.63) is 29.1 Å². The van der Waals surface area contributed by atoms with Crippen molar-refractivity contribution in [3.8, 4) is 0 Å². The molecule has 0 spiro atoms. The second-order valence-corrected chi connectivity index (χ2v) is 7.19. The van der Waals surface area contributed by atoms with Gasteiger partial charge in [-0.25, -0.2) is 4.68 Å². The highest BCUT2D eigenvalue weighted by atomic mass is 32.1. The zero-order chi connectivity index (χ0) is 18.0. The average molecular weight is 363 g/mol. The van der Waals surface area contributed by atoms with Crippen LogP contribution in [0.5, 0.6) is 0 Å². The summed E-state index contributed by atoms with van der Waals surface area (Å²) in [4.78, 5) is 14.5. The lowest BCUT2D eigenvalue weighted by Crippen LogP contribution is -2.45. The topological polar surface area (TPSA) is 72.9 Å². The highest BCUT2D eigenvalue weighted by Gasteiger charge is 2.22. The molecule has 0 radical (unpaired) electrons. The number of nitrogens with zero attached hydrogens (tertiary/aromatic N) is 6. The Morgan fingerprint density at radius 1 is 1.36 bits per heavy atom. The van der Waals surface area contributed by atoms with Crippen LogP contribution in [0.25, 0.3) is 0 Å². The van der Waals surface area contributed by atoms with Crippen LogP contribution in [0.3, 0.4) is 0 Å². The first kappa shape index (κ1) is 17.8. The third-order valence-electron chi connectivity index (χ3n) is 4.54. The van der Waals surface area contributed by atoms with E-state index >= 15 is 0 Å². The number of hydrogen-bond donors (Lipinski definition) is 1. The number of likely N-dealkylation sites (tertiary alicyclic amines) is 1. The van der Waals surface area contributed by atoms with Gasteiger partial charge in [-0.05, 0) is 38.9 Å². The van der Waals surface area contributed by atoms with Crippen molar-refractivity contribution in [1.29, 1.82) is 0 Å². The molecule has 1 aliphatic heterocycles. The zero-order valence-corrected chi connectivity index (χ0v) is 15.7. The molecule has 0 unspecified atom stereocenters. The number of piperidine rings is 1. The normalized spacial score (nSPS) is 16.5. The van der Waals surface area contributed by atoms with Gasteiger partial charge in [0.05, 0.1) is 18.4 Å². The smallest absolute Gasteiger partial charge is 0.254 e. The maximum absolute atomic E-state index is 12.2. The summed E-state index contributed by atoms with van der Waals surface area (Å²) in [6, 6.07) is 0.514. The predicted molar refractivity (Wildman–Crippen MR) is 96.7 cm³/mol. The lowest BCUT2D eigenvalue weighted by atomic mass is 10.1. The monoisotopic (exact) mass is 363 g/mol. The largest absolute Gasteiger partial charge is 0.349 e. The molecule has 3 rings (SSSR count). The van der Waals surface area contributed by atoms with Crippen molar-refractivity contribution in [3.63, 3.8) is 0 Å². The number of carbonyl (C=O) groups is 1. The van der Waals surface area contributed by atoms with Crippen molar-refractivity contribution < 1.29 is 4.79 Å². The summed E-state index contributed by atoms with van der Waals surface area (Å²) in [7, 11) is 1.81. The van der Waals surface area contributed by atoms with E-state index in [4.69, 9.17) is 12.2 Å². The van der Waals surface area contributed by atoms with Crippen LogP contribution in [0.4, 0.5) is 0 Å². The standard InChI is InChI=1S/C16H25N7OS/c1-12(2)22-10-18-23(16(22)25)11-21-6-4-14(5-7-21)19-15(24)13-8-17-20(3)9-13/h8-10,12,14H,4-7,11H2,1-3H3,(H,19,24). The lowest BCUT2D eigenvalue weighted by molar-refractivity contribution is 0.0895. The third kappa shape index (κ3) is 4.16. The number of hydrogen-bond acceptors (Lipinski definition) is 5. The highest BCUT2D eigenvalue weighted by molar-refractivity contribution is 7.71. The van der Waals surface area contributed by atoms with E-state index < -0.39 is 0 Å². The van der Waals surface area contributed by atoms with Gasteiger partial charge < -0.3 is 9.88 Å². The van der Waals surface area contributed by atoms with Crippen LogP contribution in [0.1, 0.15) is 43.1 Å². The molecule has 9 heteroatoms. The van der Waals surface area contributed by atoms with Crippen molar-refractivity contribution in [2.24, 2.45) is 7.05 Å². The van der Waals surface area contributed by atoms with Gasteiger partial charge in [0, 0.05) is 38.4 Å². The van der Waals surface area contributed by atoms with E-state index in [2.05, 4.69) is 34.3 Å². The van der Waals surface area contributed by atoms with Crippen LogP contribution < -0.4 is 5.32 Å². The molecule has 1 aliphatic rings. The maximum Gasteiger partial charge on any atom is 0.254 e. The fourth-order valence-electron chi connectivity index (χ4n) is 3.02. The van der Waals surface area contributed by atoms with E-state index in [9.17, 15) is 4.79 Å². The van der Waals surface area contributed by atoms with E-state index in [1.165, 1.54) is 0 Å². The number of amides is 1. The van der Waals surface area contributed by atoms with Crippen molar-refractivity contribution in [1.82, 2.24) is 34.3 Å². The summed E-state index contributed by atoms with van der Waals surface area (Å²) in [5.74, 6) is -0.0514. The van der Waals surface area contributed by atoms with Gasteiger partial charge in [0.1, 0.15) is 6.33 Å². The molecular formula is C16H25N7OS. The molecule has 25 heavy (non-hydrogen) atoms. The molecule has 1 saturated heterocycles. The van der Waals surface area contributed by atoms with Gasteiger partial charge in [0.25, 0.3) is 5.91 Å². The summed E-state index contributed by atoms with van der Waals surface area (Å²) in [6.07, 6.45) is 6.97. The first-order chi connectivity index (χ1) is 11.9. The Morgan fingerprint density at radius 3 is 2.64 bits per heavy atom. The van der Waals surface area contributed by atoms with E-state index in [0.29, 0.717) is 18.3 Å². The molecule has 1 N–H and O–H groups in total. The summed E-state index contributed by atoms with van der Waals surface area (Å²) in [5.41, 5.74) is 0.607. The molecule has 1 amide bonds. The van der Waals surface area contributed by atoms with Crippen LogP contribution >= 0.6 is 12.2 Å². The lowest BCUT2D eigenvalue weighted by Gasteiger charge is -2.31. The van der Waals surface area contributed by atoms with Crippen LogP contribution in [0.2, 0.25) is 0 Å². The highest BCUT2D eigenvalue weighted by Crippen LogP contribution is 2.13. The fraction of sp³-hybridized carbons (Fsp3) is 0.625. The van der Waals surface area contributed by atoms with Crippen molar-refractivity contribution in [2.75, 3.05) is 13.1 Å². The molecule has 0 bridgehead atoms. The Kier molecular flexibility index (Phi) is 5.33. The first-order valence-corrected chi connectivity index (χ1v) is 9.00. The van der Waals surface area contributed by atoms with Gasteiger partial charge in [0.15, 0.2) is 4.77 Å². The fourth-order valence-corrected chi connectivity index (χ4v) is 3.38. The molecule has 2 aromatic heterocycles. The molecule has 3 heterocycles. The number of nitrogens with one attached hydrogen (secondary N) is 1. The van der Waals surface area contributed by atoms with Crippen LogP contribution in [0.15, 0.2) is 18.7 Å². The van der Waals surface area contributed by atoms with Crippen LogP contribution in [0, 0.1) is 4.77 Å². The molecule has 0 aromatic carbocycles. The summed E-state index contributed by atoms with van der Waals surface area (Å²) < 4.78 is 6.25. The number of carbonyl (C=O) groups excluding carboxylic acids is 1. The minimum absolute atomic E-state index is 0.0514. The number of rotatable bonds is 5. The van der Waals surface area contributed by atoms with Gasteiger partial charge in [-0.2, -0.15) is 10.2 Å². The minimum atomic E-state index is -0.0514. The molecular weight excluding hydrogens is 338 g/mol. The Balaban J connectivity index is 1.50. The van der Waals surface area contributed by atoms with E-state index in [1.54, 1.807) is 30.5 Å². The average Bonchev–Trinajstić information content (AvgIpc) is 3.16. The Morgan fingerprint density at radius 2 is 2.08 bits per heavy atom. The Labute approximate surface area is 152 Å². The summed E-state index contributed by atoms with van der Waals surface area (Å²) >= 11 is 5.48. The van der Waals surface area contributed by atoms with Gasteiger partial charge in [-0.3, -0.25) is 14.4 Å². The predicted octanol–water partition coefficient (Wildman–Crippen LogP) is 1.58. The molecule has 0 aliphatic carbocycles. The Hall–Kier alpha value is -2.00. The van der Waals surface area contributed by atoms with E-state index in [1.807, 2.05) is 9.25 Å². The van der Waals surface area contributed by atoms with E-state index in [-0.39, 0.29) is 11.9 Å². The molecule has 0 atom stereocenters. The van der Waals surface area contributed by atoms with Gasteiger partial charge in [-0.1, -0.05) is 0 Å². The summed E-state index contributed by atoms with van der Waals surface area (Å²) in [5, 5.41) is 11.5. The number of aromatic nitrogens is 5. The Bertz CT molecular complexity index is 783. The zero-order valence-electron chi connectivity index (χ0n) is 14.9. The molecule has 8 nitrogen and oxygen atoms in total. The first-order valence-electron chi connectivity index (χ1n) is 8.60. The van der Waals surface area contributed by atoms with Crippen LogP contribution in [-0.4, -0.2) is 54.1 Å². The van der Waals surface area contributed by atoms with Crippen molar-refractivity contribution in [2.45, 2.75) is 45.4 Å². The second kappa shape index (κ2) is 7.49. The quantitative estimate of drug-likeness (QED) is 0.817.